The van der Waals surface area contributed by atoms with Crippen LogP contribution in [0, 0.1) is 0 Å². The molecule has 1 rings (SSSR count). The summed E-state index contributed by atoms with van der Waals surface area (Å²) in [5.41, 5.74) is 1.43. The Morgan fingerprint density at radius 1 is 1.38 bits per heavy atom. The first kappa shape index (κ1) is 11.4. The van der Waals surface area contributed by atoms with Gasteiger partial charge in [-0.25, -0.2) is 0 Å². The molecule has 0 saturated carbocycles. The van der Waals surface area contributed by atoms with Crippen LogP contribution in [-0.4, -0.2) is 4.98 Å². The molecule has 0 aliphatic heterocycles. The second-order valence-corrected chi connectivity index (χ2v) is 5.71. The van der Waals surface area contributed by atoms with Crippen LogP contribution in [0.4, 0.5) is 0 Å². The van der Waals surface area contributed by atoms with Crippen LogP contribution in [0.1, 0.15) is 23.4 Å². The van der Waals surface area contributed by atoms with E-state index >= 15 is 0 Å². The summed E-state index contributed by atoms with van der Waals surface area (Å²) in [6, 6.07) is 3.54. The molecule has 0 aliphatic carbocycles. The van der Waals surface area contributed by atoms with E-state index < -0.39 is 3.79 Å². The lowest BCUT2D eigenvalue weighted by Gasteiger charge is -2.11. The largest absolute Gasteiger partial charge is 0.256 e. The van der Waals surface area contributed by atoms with E-state index in [1.165, 1.54) is 0 Å². The standard InChI is InChI=1S/C8H8Cl3NS/c1-5(13)6-2-3-7(12-4-6)8(9,10)11/h2-5,13H,1H3. The van der Waals surface area contributed by atoms with Crippen molar-refractivity contribution in [2.45, 2.75) is 16.0 Å². The summed E-state index contributed by atoms with van der Waals surface area (Å²) >= 11 is 21.2. The van der Waals surface area contributed by atoms with Crippen molar-refractivity contribution in [1.29, 1.82) is 0 Å². The Balaban J connectivity index is 2.94. The first-order valence-corrected chi connectivity index (χ1v) is 5.27. The predicted octanol–water partition coefficient (Wildman–Crippen LogP) is 3.90. The lowest BCUT2D eigenvalue weighted by Crippen LogP contribution is -2.03. The molecule has 0 fully saturated rings. The minimum atomic E-state index is -1.45. The van der Waals surface area contributed by atoms with Crippen molar-refractivity contribution in [2.75, 3.05) is 0 Å². The maximum Gasteiger partial charge on any atom is 0.232 e. The first-order valence-electron chi connectivity index (χ1n) is 3.62. The second kappa shape index (κ2) is 4.26. The average Bonchev–Trinajstić information content (AvgIpc) is 2.03. The molecular formula is C8H8Cl3NS. The van der Waals surface area contributed by atoms with Crippen LogP contribution in [0.2, 0.25) is 0 Å². The van der Waals surface area contributed by atoms with Crippen LogP contribution in [0.25, 0.3) is 0 Å². The molecule has 5 heteroatoms. The number of rotatable bonds is 1. The number of nitrogens with zero attached hydrogens (tertiary/aromatic N) is 1. The van der Waals surface area contributed by atoms with Crippen LogP contribution in [0.3, 0.4) is 0 Å². The maximum absolute atomic E-state index is 5.64. The molecule has 0 N–H and O–H groups in total. The highest BCUT2D eigenvalue weighted by molar-refractivity contribution is 7.80. The highest BCUT2D eigenvalue weighted by Gasteiger charge is 2.24. The van der Waals surface area contributed by atoms with Gasteiger partial charge in [-0.3, -0.25) is 4.98 Å². The molecule has 0 bridgehead atoms. The monoisotopic (exact) mass is 255 g/mol. The van der Waals surface area contributed by atoms with Crippen LogP contribution in [-0.2, 0) is 3.79 Å². The minimum absolute atomic E-state index is 0.136. The fourth-order valence-electron chi connectivity index (χ4n) is 0.820. The third-order valence-corrected chi connectivity index (χ3v) is 2.44. The topological polar surface area (TPSA) is 12.9 Å². The van der Waals surface area contributed by atoms with E-state index in [-0.39, 0.29) is 5.25 Å². The van der Waals surface area contributed by atoms with Gasteiger partial charge in [0.25, 0.3) is 0 Å². The fourth-order valence-corrected chi connectivity index (χ4v) is 1.31. The van der Waals surface area contributed by atoms with Crippen molar-refractivity contribution in [3.05, 3.63) is 29.6 Å². The quantitative estimate of drug-likeness (QED) is 0.594. The third-order valence-electron chi connectivity index (χ3n) is 1.56. The van der Waals surface area contributed by atoms with Crippen molar-refractivity contribution in [3.8, 4) is 0 Å². The van der Waals surface area contributed by atoms with Crippen molar-refractivity contribution < 1.29 is 0 Å². The molecule has 1 heterocycles. The molecule has 1 aromatic heterocycles. The van der Waals surface area contributed by atoms with E-state index in [0.717, 1.165) is 5.56 Å². The van der Waals surface area contributed by atoms with Gasteiger partial charge in [0, 0.05) is 11.4 Å². The Bertz CT molecular complexity index is 278. The molecule has 0 spiro atoms. The number of aromatic nitrogens is 1. The van der Waals surface area contributed by atoms with Gasteiger partial charge >= 0.3 is 0 Å². The molecule has 13 heavy (non-hydrogen) atoms. The minimum Gasteiger partial charge on any atom is -0.256 e. The van der Waals surface area contributed by atoms with E-state index in [0.29, 0.717) is 5.69 Å². The van der Waals surface area contributed by atoms with Crippen LogP contribution < -0.4 is 0 Å². The molecule has 1 nitrogen and oxygen atoms in total. The van der Waals surface area contributed by atoms with Crippen molar-refractivity contribution in [3.63, 3.8) is 0 Å². The summed E-state index contributed by atoms with van der Waals surface area (Å²) < 4.78 is -1.45. The van der Waals surface area contributed by atoms with Gasteiger partial charge in [-0.1, -0.05) is 40.9 Å². The van der Waals surface area contributed by atoms with E-state index in [4.69, 9.17) is 34.8 Å². The van der Waals surface area contributed by atoms with Crippen molar-refractivity contribution in [1.82, 2.24) is 4.98 Å². The maximum atomic E-state index is 5.64. The number of halogens is 3. The van der Waals surface area contributed by atoms with Gasteiger partial charge < -0.3 is 0 Å². The summed E-state index contributed by atoms with van der Waals surface area (Å²) in [6.07, 6.45) is 1.66. The average molecular weight is 257 g/mol. The molecule has 0 amide bonds. The third kappa shape index (κ3) is 3.21. The van der Waals surface area contributed by atoms with Crippen molar-refractivity contribution in [2.24, 2.45) is 0 Å². The second-order valence-electron chi connectivity index (χ2n) is 2.65. The smallest absolute Gasteiger partial charge is 0.232 e. The van der Waals surface area contributed by atoms with Crippen molar-refractivity contribution >= 4 is 47.4 Å². The van der Waals surface area contributed by atoms with Crippen LogP contribution in [0.15, 0.2) is 18.3 Å². The molecular weight excluding hydrogens is 249 g/mol. The summed E-state index contributed by atoms with van der Waals surface area (Å²) in [5.74, 6) is 0. The van der Waals surface area contributed by atoms with Gasteiger partial charge in [0.2, 0.25) is 3.79 Å². The zero-order valence-electron chi connectivity index (χ0n) is 6.84. The number of pyridine rings is 1. The number of alkyl halides is 3. The lowest BCUT2D eigenvalue weighted by atomic mass is 10.2. The zero-order valence-corrected chi connectivity index (χ0v) is 10.00. The normalized spacial score (nSPS) is 14.2. The predicted molar refractivity (Wildman–Crippen MR) is 60.9 cm³/mol. The van der Waals surface area contributed by atoms with Gasteiger partial charge in [-0.2, -0.15) is 12.6 Å². The highest BCUT2D eigenvalue weighted by Crippen LogP contribution is 2.37. The van der Waals surface area contributed by atoms with Gasteiger partial charge in [0.05, 0.1) is 5.69 Å². The summed E-state index contributed by atoms with van der Waals surface area (Å²) in [5, 5.41) is 0.136. The number of hydrogen-bond donors (Lipinski definition) is 1. The van der Waals surface area contributed by atoms with E-state index in [9.17, 15) is 0 Å². The first-order chi connectivity index (χ1) is 5.91. The summed E-state index contributed by atoms with van der Waals surface area (Å²) in [7, 11) is 0. The Morgan fingerprint density at radius 3 is 2.31 bits per heavy atom. The molecule has 0 saturated heterocycles. The summed E-state index contributed by atoms with van der Waals surface area (Å²) in [6.45, 7) is 1.95. The van der Waals surface area contributed by atoms with E-state index in [1.54, 1.807) is 12.3 Å². The molecule has 0 radical (unpaired) electrons. The van der Waals surface area contributed by atoms with Crippen LogP contribution in [0.5, 0.6) is 0 Å². The molecule has 1 unspecified atom stereocenters. The number of hydrogen-bond acceptors (Lipinski definition) is 2. The van der Waals surface area contributed by atoms with Gasteiger partial charge in [0.15, 0.2) is 0 Å². The fraction of sp³-hybridized carbons (Fsp3) is 0.375. The Morgan fingerprint density at radius 2 is 2.00 bits per heavy atom. The SMILES string of the molecule is CC(S)c1ccc(C(Cl)(Cl)Cl)nc1. The number of thiol groups is 1. The van der Waals surface area contributed by atoms with Gasteiger partial charge in [0.1, 0.15) is 0 Å². The molecule has 72 valence electrons. The zero-order chi connectivity index (χ0) is 10.1. The molecule has 0 aliphatic rings. The van der Waals surface area contributed by atoms with Crippen LogP contribution >= 0.6 is 47.4 Å². The van der Waals surface area contributed by atoms with Gasteiger partial charge in [-0.05, 0) is 18.6 Å². The summed E-state index contributed by atoms with van der Waals surface area (Å²) in [4.78, 5) is 4.03. The van der Waals surface area contributed by atoms with Gasteiger partial charge in [-0.15, -0.1) is 0 Å². The Hall–Kier alpha value is 0.370. The lowest BCUT2D eigenvalue weighted by molar-refractivity contribution is 1.02. The highest BCUT2D eigenvalue weighted by atomic mass is 35.6. The Kier molecular flexibility index (Phi) is 3.75. The van der Waals surface area contributed by atoms with E-state index in [2.05, 4.69) is 17.6 Å². The Labute approximate surface area is 97.8 Å². The van der Waals surface area contributed by atoms with E-state index in [1.807, 2.05) is 13.0 Å². The molecule has 1 aromatic rings. The molecule has 1 atom stereocenters. The molecule has 0 aromatic carbocycles.